The summed E-state index contributed by atoms with van der Waals surface area (Å²) in [6.45, 7) is 8.80. The Balaban J connectivity index is 1.68. The van der Waals surface area contributed by atoms with Gasteiger partial charge in [0.2, 0.25) is 0 Å². The number of nitrogens with zero attached hydrogens (tertiary/aromatic N) is 3. The lowest BCUT2D eigenvalue weighted by molar-refractivity contribution is 0.0740. The van der Waals surface area contributed by atoms with Crippen molar-refractivity contribution in [3.63, 3.8) is 0 Å². The quantitative estimate of drug-likeness (QED) is 0.781. The smallest absolute Gasteiger partial charge is 0.253 e. The van der Waals surface area contributed by atoms with Crippen LogP contribution in [0.2, 0.25) is 0 Å². The molecule has 0 unspecified atom stereocenters. The number of aliphatic hydroxyl groups excluding tert-OH is 1. The predicted octanol–water partition coefficient (Wildman–Crippen LogP) is 2.62. The number of benzene rings is 1. The number of piperidine rings is 1. The minimum atomic E-state index is 0.122. The van der Waals surface area contributed by atoms with E-state index in [1.54, 1.807) is 0 Å². The Hall–Kier alpha value is -1.85. The molecule has 2 atom stereocenters. The van der Waals surface area contributed by atoms with E-state index >= 15 is 0 Å². The highest BCUT2D eigenvalue weighted by Gasteiger charge is 2.36. The number of amides is 1. The van der Waals surface area contributed by atoms with Crippen LogP contribution in [0.5, 0.6) is 0 Å². The summed E-state index contributed by atoms with van der Waals surface area (Å²) in [6, 6.07) is 8.24. The Morgan fingerprint density at radius 2 is 1.93 bits per heavy atom. The molecule has 5 nitrogen and oxygen atoms in total. The van der Waals surface area contributed by atoms with Gasteiger partial charge in [0.25, 0.3) is 5.91 Å². The van der Waals surface area contributed by atoms with E-state index in [-0.39, 0.29) is 12.5 Å². The zero-order chi connectivity index (χ0) is 19.4. The van der Waals surface area contributed by atoms with Crippen LogP contribution in [0.3, 0.4) is 0 Å². The molecule has 0 aliphatic carbocycles. The summed E-state index contributed by atoms with van der Waals surface area (Å²) in [5.41, 5.74) is 3.13. The Morgan fingerprint density at radius 1 is 1.19 bits per heavy atom. The van der Waals surface area contributed by atoms with Gasteiger partial charge in [0.05, 0.1) is 6.61 Å². The Labute approximate surface area is 163 Å². The van der Waals surface area contributed by atoms with Crippen molar-refractivity contribution in [3.8, 4) is 0 Å². The first-order valence-corrected chi connectivity index (χ1v) is 10.1. The third-order valence-electron chi connectivity index (χ3n) is 5.84. The van der Waals surface area contributed by atoms with Crippen LogP contribution in [0.15, 0.2) is 35.9 Å². The van der Waals surface area contributed by atoms with Crippen molar-refractivity contribution in [2.45, 2.75) is 32.7 Å². The van der Waals surface area contributed by atoms with Gasteiger partial charge in [-0.05, 0) is 56.9 Å². The molecule has 3 saturated heterocycles. The van der Waals surface area contributed by atoms with Crippen molar-refractivity contribution < 1.29 is 9.90 Å². The van der Waals surface area contributed by atoms with E-state index in [1.165, 1.54) is 18.4 Å². The maximum atomic E-state index is 13.1. The number of aliphatic hydroxyl groups is 1. The third-order valence-corrected chi connectivity index (χ3v) is 5.84. The number of allylic oxidation sites excluding steroid dienone is 1. The molecule has 1 amide bonds. The lowest BCUT2D eigenvalue weighted by Crippen LogP contribution is -2.44. The van der Waals surface area contributed by atoms with Crippen LogP contribution in [0.4, 0.5) is 5.69 Å². The molecule has 3 heterocycles. The highest BCUT2D eigenvalue weighted by molar-refractivity contribution is 5.94. The van der Waals surface area contributed by atoms with E-state index in [0.29, 0.717) is 18.5 Å². The first-order chi connectivity index (χ1) is 13.0. The van der Waals surface area contributed by atoms with Gasteiger partial charge in [-0.15, -0.1) is 0 Å². The minimum Gasteiger partial charge on any atom is -0.395 e. The second kappa shape index (κ2) is 8.89. The molecular weight excluding hydrogens is 338 g/mol. The first-order valence-electron chi connectivity index (χ1n) is 10.1. The second-order valence-electron chi connectivity index (χ2n) is 8.23. The van der Waals surface area contributed by atoms with Gasteiger partial charge >= 0.3 is 0 Å². The SMILES string of the molecule is CC(C)=CCN1C[C@H]2CC[C@@H]1CN(C(=O)c1ccc(N(C)CCO)cc1)C2. The highest BCUT2D eigenvalue weighted by Crippen LogP contribution is 2.29. The lowest BCUT2D eigenvalue weighted by atomic mass is 9.95. The van der Waals surface area contributed by atoms with Crippen LogP contribution in [0, 0.1) is 5.92 Å². The van der Waals surface area contributed by atoms with Gasteiger partial charge in [-0.1, -0.05) is 11.6 Å². The highest BCUT2D eigenvalue weighted by atomic mass is 16.3. The zero-order valence-electron chi connectivity index (χ0n) is 16.9. The van der Waals surface area contributed by atoms with Crippen LogP contribution in [0.1, 0.15) is 37.0 Å². The summed E-state index contributed by atoms with van der Waals surface area (Å²) in [7, 11) is 1.95. The molecule has 0 spiro atoms. The molecule has 1 N–H and O–H groups in total. The number of rotatable bonds is 6. The molecule has 5 heteroatoms. The average Bonchev–Trinajstić information content (AvgIpc) is 2.98. The summed E-state index contributed by atoms with van der Waals surface area (Å²) in [5.74, 6) is 0.723. The Bertz CT molecular complexity index is 667. The van der Waals surface area contributed by atoms with Gasteiger partial charge in [0.15, 0.2) is 0 Å². The van der Waals surface area contributed by atoms with Gasteiger partial charge in [-0.2, -0.15) is 0 Å². The summed E-state index contributed by atoms with van der Waals surface area (Å²) in [4.78, 5) is 19.7. The molecule has 3 aliphatic heterocycles. The largest absolute Gasteiger partial charge is 0.395 e. The van der Waals surface area contributed by atoms with Gasteiger partial charge in [0, 0.05) is 57.1 Å². The number of likely N-dealkylation sites (N-methyl/N-ethyl adjacent to an activating group) is 1. The Kier molecular flexibility index (Phi) is 6.55. The molecule has 0 radical (unpaired) electrons. The molecule has 1 aromatic carbocycles. The molecule has 2 bridgehead atoms. The van der Waals surface area contributed by atoms with Gasteiger partial charge in [-0.25, -0.2) is 0 Å². The fraction of sp³-hybridized carbons (Fsp3) is 0.591. The molecular formula is C22H33N3O2. The van der Waals surface area contributed by atoms with Crippen molar-refractivity contribution in [1.82, 2.24) is 9.80 Å². The van der Waals surface area contributed by atoms with E-state index in [2.05, 4.69) is 29.7 Å². The van der Waals surface area contributed by atoms with E-state index in [4.69, 9.17) is 5.11 Å². The van der Waals surface area contributed by atoms with Crippen molar-refractivity contribution in [1.29, 1.82) is 0 Å². The van der Waals surface area contributed by atoms with Crippen LogP contribution in [-0.4, -0.2) is 73.2 Å². The number of hydrogen-bond donors (Lipinski definition) is 1. The van der Waals surface area contributed by atoms with Crippen molar-refractivity contribution in [2.75, 3.05) is 51.3 Å². The molecule has 3 aliphatic rings. The zero-order valence-corrected chi connectivity index (χ0v) is 16.9. The van der Waals surface area contributed by atoms with Crippen LogP contribution in [-0.2, 0) is 0 Å². The number of carbonyl (C=O) groups excluding carboxylic acids is 1. The van der Waals surface area contributed by atoms with E-state index in [9.17, 15) is 4.79 Å². The van der Waals surface area contributed by atoms with Gasteiger partial charge in [0.1, 0.15) is 0 Å². The second-order valence-corrected chi connectivity index (χ2v) is 8.23. The fourth-order valence-electron chi connectivity index (χ4n) is 4.19. The standard InChI is InChI=1S/C22H33N3O2/c1-17(2)10-11-24-14-18-4-7-21(24)16-25(15-18)22(27)19-5-8-20(9-6-19)23(3)12-13-26/h5-6,8-10,18,21,26H,4,7,11-16H2,1-3H3/t18-,21-/m1/s1. The first kappa shape index (κ1) is 19.9. The minimum absolute atomic E-state index is 0.122. The van der Waals surface area contributed by atoms with Crippen LogP contribution >= 0.6 is 0 Å². The normalized spacial score (nSPS) is 22.4. The number of hydrogen-bond acceptors (Lipinski definition) is 4. The molecule has 1 aromatic rings. The fourth-order valence-corrected chi connectivity index (χ4v) is 4.19. The van der Waals surface area contributed by atoms with Gasteiger partial charge in [-0.3, -0.25) is 9.69 Å². The molecule has 148 valence electrons. The van der Waals surface area contributed by atoms with Crippen molar-refractivity contribution in [2.24, 2.45) is 5.92 Å². The van der Waals surface area contributed by atoms with E-state index < -0.39 is 0 Å². The average molecular weight is 372 g/mol. The number of anilines is 1. The van der Waals surface area contributed by atoms with Crippen molar-refractivity contribution in [3.05, 3.63) is 41.5 Å². The monoisotopic (exact) mass is 371 g/mol. The van der Waals surface area contributed by atoms with Gasteiger partial charge < -0.3 is 14.9 Å². The molecule has 0 saturated carbocycles. The maximum Gasteiger partial charge on any atom is 0.253 e. The maximum absolute atomic E-state index is 13.1. The van der Waals surface area contributed by atoms with E-state index in [1.807, 2.05) is 36.2 Å². The molecule has 4 rings (SSSR count). The van der Waals surface area contributed by atoms with Crippen LogP contribution < -0.4 is 4.90 Å². The predicted molar refractivity (Wildman–Crippen MR) is 110 cm³/mol. The molecule has 3 fully saturated rings. The lowest BCUT2D eigenvalue weighted by Gasteiger charge is -2.35. The number of fused-ring (bicyclic) bond motifs is 4. The number of carbonyl (C=O) groups is 1. The summed E-state index contributed by atoms with van der Waals surface area (Å²) in [5, 5.41) is 9.07. The van der Waals surface area contributed by atoms with Crippen LogP contribution in [0.25, 0.3) is 0 Å². The summed E-state index contributed by atoms with van der Waals surface area (Å²) < 4.78 is 0. The topological polar surface area (TPSA) is 47.0 Å². The Morgan fingerprint density at radius 3 is 2.59 bits per heavy atom. The van der Waals surface area contributed by atoms with E-state index in [0.717, 1.165) is 37.4 Å². The summed E-state index contributed by atoms with van der Waals surface area (Å²) in [6.07, 6.45) is 4.72. The molecule has 0 aromatic heterocycles. The summed E-state index contributed by atoms with van der Waals surface area (Å²) >= 11 is 0. The molecule has 27 heavy (non-hydrogen) atoms. The third kappa shape index (κ3) is 4.90. The van der Waals surface area contributed by atoms with Crippen molar-refractivity contribution >= 4 is 11.6 Å².